The van der Waals surface area contributed by atoms with Gasteiger partial charge < -0.3 is 19.1 Å². The van der Waals surface area contributed by atoms with E-state index >= 15 is 0 Å². The number of hydrogen-bond donors (Lipinski definition) is 0. The number of allylic oxidation sites excluding steroid dienone is 1. The molecule has 3 rings (SSSR count). The molecule has 29 heavy (non-hydrogen) atoms. The average molecular weight is 395 g/mol. The van der Waals surface area contributed by atoms with Crippen molar-refractivity contribution in [3.05, 3.63) is 65.4 Å². The van der Waals surface area contributed by atoms with E-state index in [1.807, 2.05) is 30.1 Å². The first kappa shape index (κ1) is 20.5. The molecule has 0 saturated carbocycles. The van der Waals surface area contributed by atoms with Crippen LogP contribution in [0.1, 0.15) is 29.8 Å². The Kier molecular flexibility index (Phi) is 5.64. The summed E-state index contributed by atoms with van der Waals surface area (Å²) in [5.74, 6) is -0.0789. The van der Waals surface area contributed by atoms with E-state index < -0.39 is 5.97 Å². The van der Waals surface area contributed by atoms with Crippen LogP contribution < -0.4 is 14.4 Å². The largest absolute Gasteiger partial charge is 0.497 e. The quantitative estimate of drug-likeness (QED) is 0.548. The Morgan fingerprint density at radius 2 is 1.79 bits per heavy atom. The maximum absolute atomic E-state index is 12.6. The number of nitrogens with zero attached hydrogens (tertiary/aromatic N) is 1. The zero-order valence-corrected chi connectivity index (χ0v) is 17.3. The van der Waals surface area contributed by atoms with E-state index in [0.717, 1.165) is 16.9 Å². The zero-order valence-electron chi connectivity index (χ0n) is 17.3. The van der Waals surface area contributed by atoms with Gasteiger partial charge in [0.05, 0.1) is 14.2 Å². The highest BCUT2D eigenvalue weighted by molar-refractivity contribution is 5.97. The molecule has 0 N–H and O–H groups in total. The molecule has 6 heteroatoms. The van der Waals surface area contributed by atoms with Crippen molar-refractivity contribution in [3.63, 3.8) is 0 Å². The SMILES string of the molecule is COc1ccc(OC)c(C(=O)OCC(=O)/C=C2/N(C)c3ccccc3C2(C)C)c1. The molecule has 1 aliphatic heterocycles. The van der Waals surface area contributed by atoms with Gasteiger partial charge in [0.25, 0.3) is 0 Å². The van der Waals surface area contributed by atoms with Crippen LogP contribution in [0.5, 0.6) is 11.5 Å². The second kappa shape index (κ2) is 7.99. The molecule has 0 aliphatic carbocycles. The van der Waals surface area contributed by atoms with Gasteiger partial charge in [-0.05, 0) is 29.8 Å². The fourth-order valence-electron chi connectivity index (χ4n) is 3.64. The summed E-state index contributed by atoms with van der Waals surface area (Å²) in [6.07, 6.45) is 1.55. The summed E-state index contributed by atoms with van der Waals surface area (Å²) in [7, 11) is 4.90. The lowest BCUT2D eigenvalue weighted by Gasteiger charge is -2.23. The molecule has 152 valence electrons. The molecular weight excluding hydrogens is 370 g/mol. The molecule has 0 unspecified atom stereocenters. The van der Waals surface area contributed by atoms with Gasteiger partial charge in [0.15, 0.2) is 12.4 Å². The molecule has 0 fully saturated rings. The number of para-hydroxylation sites is 1. The zero-order chi connectivity index (χ0) is 21.2. The number of carbonyl (C=O) groups is 2. The lowest BCUT2D eigenvalue weighted by atomic mass is 9.83. The molecule has 0 radical (unpaired) electrons. The van der Waals surface area contributed by atoms with Gasteiger partial charge in [0, 0.05) is 29.9 Å². The number of benzene rings is 2. The van der Waals surface area contributed by atoms with Crippen molar-refractivity contribution >= 4 is 17.4 Å². The van der Waals surface area contributed by atoms with Gasteiger partial charge in [-0.2, -0.15) is 0 Å². The summed E-state index contributed by atoms with van der Waals surface area (Å²) in [5, 5.41) is 0. The molecular formula is C23H25NO5. The van der Waals surface area contributed by atoms with E-state index in [9.17, 15) is 9.59 Å². The molecule has 2 aromatic carbocycles. The van der Waals surface area contributed by atoms with Crippen molar-refractivity contribution in [1.82, 2.24) is 0 Å². The molecule has 0 spiro atoms. The summed E-state index contributed by atoms with van der Waals surface area (Å²) >= 11 is 0. The minimum Gasteiger partial charge on any atom is -0.497 e. The molecule has 0 bridgehead atoms. The van der Waals surface area contributed by atoms with Gasteiger partial charge in [-0.3, -0.25) is 4.79 Å². The second-order valence-electron chi connectivity index (χ2n) is 7.34. The fraction of sp³-hybridized carbons (Fsp3) is 0.304. The van der Waals surface area contributed by atoms with E-state index in [1.54, 1.807) is 18.2 Å². The third-order valence-corrected chi connectivity index (χ3v) is 5.21. The number of carbonyl (C=O) groups excluding carboxylic acids is 2. The minimum absolute atomic E-state index is 0.207. The Labute approximate surface area is 170 Å². The van der Waals surface area contributed by atoms with Crippen molar-refractivity contribution in [2.24, 2.45) is 0 Å². The third kappa shape index (κ3) is 3.83. The number of methoxy groups -OCH3 is 2. The highest BCUT2D eigenvalue weighted by Gasteiger charge is 2.38. The van der Waals surface area contributed by atoms with Crippen LogP contribution in [0.25, 0.3) is 0 Å². The van der Waals surface area contributed by atoms with Crippen LogP contribution in [0.2, 0.25) is 0 Å². The van der Waals surface area contributed by atoms with Gasteiger partial charge in [0.2, 0.25) is 0 Å². The smallest absolute Gasteiger partial charge is 0.342 e. The first-order chi connectivity index (χ1) is 13.8. The predicted molar refractivity (Wildman–Crippen MR) is 111 cm³/mol. The van der Waals surface area contributed by atoms with E-state index in [1.165, 1.54) is 20.3 Å². The summed E-state index contributed by atoms with van der Waals surface area (Å²) in [5.41, 5.74) is 2.96. The van der Waals surface area contributed by atoms with E-state index in [4.69, 9.17) is 14.2 Å². The van der Waals surface area contributed by atoms with Crippen molar-refractivity contribution in [3.8, 4) is 11.5 Å². The Balaban J connectivity index is 1.75. The lowest BCUT2D eigenvalue weighted by molar-refractivity contribution is -0.117. The number of anilines is 1. The molecule has 0 atom stereocenters. The number of hydrogen-bond acceptors (Lipinski definition) is 6. The van der Waals surface area contributed by atoms with E-state index in [0.29, 0.717) is 11.5 Å². The van der Waals surface area contributed by atoms with Crippen molar-refractivity contribution in [2.45, 2.75) is 19.3 Å². The Hall–Kier alpha value is -3.28. The third-order valence-electron chi connectivity index (χ3n) is 5.21. The Bertz CT molecular complexity index is 977. The average Bonchev–Trinajstić information content (AvgIpc) is 2.92. The highest BCUT2D eigenvalue weighted by atomic mass is 16.5. The number of rotatable bonds is 6. The van der Waals surface area contributed by atoms with E-state index in [2.05, 4.69) is 19.9 Å². The van der Waals surface area contributed by atoms with Crippen LogP contribution in [0.4, 0.5) is 5.69 Å². The Morgan fingerprint density at radius 3 is 2.45 bits per heavy atom. The minimum atomic E-state index is -0.644. The van der Waals surface area contributed by atoms with Crippen LogP contribution in [-0.4, -0.2) is 39.6 Å². The molecule has 2 aromatic rings. The lowest BCUT2D eigenvalue weighted by Crippen LogP contribution is -2.25. The molecule has 1 heterocycles. The summed E-state index contributed by atoms with van der Waals surface area (Å²) in [6, 6.07) is 12.9. The summed E-state index contributed by atoms with van der Waals surface area (Å²) in [6.45, 7) is 3.78. The van der Waals surface area contributed by atoms with Crippen LogP contribution in [0, 0.1) is 0 Å². The normalized spacial score (nSPS) is 15.8. The van der Waals surface area contributed by atoms with Gasteiger partial charge >= 0.3 is 5.97 Å². The topological polar surface area (TPSA) is 65.1 Å². The van der Waals surface area contributed by atoms with Gasteiger partial charge in [-0.25, -0.2) is 4.79 Å². The molecule has 0 amide bonds. The molecule has 6 nitrogen and oxygen atoms in total. The monoisotopic (exact) mass is 395 g/mol. The summed E-state index contributed by atoms with van der Waals surface area (Å²) in [4.78, 5) is 27.0. The summed E-state index contributed by atoms with van der Waals surface area (Å²) < 4.78 is 15.6. The number of likely N-dealkylation sites (N-methyl/N-ethyl adjacent to an activating group) is 1. The van der Waals surface area contributed by atoms with Crippen LogP contribution in [0.3, 0.4) is 0 Å². The number of esters is 1. The predicted octanol–water partition coefficient (Wildman–Crippen LogP) is 3.74. The first-order valence-electron chi connectivity index (χ1n) is 9.27. The molecule has 0 saturated heterocycles. The second-order valence-corrected chi connectivity index (χ2v) is 7.34. The molecule has 1 aliphatic rings. The van der Waals surface area contributed by atoms with Crippen LogP contribution in [0.15, 0.2) is 54.2 Å². The number of ketones is 1. The maximum atomic E-state index is 12.6. The van der Waals surface area contributed by atoms with Gasteiger partial charge in [-0.15, -0.1) is 0 Å². The Morgan fingerprint density at radius 1 is 1.07 bits per heavy atom. The van der Waals surface area contributed by atoms with Crippen LogP contribution >= 0.6 is 0 Å². The number of ether oxygens (including phenoxy) is 3. The first-order valence-corrected chi connectivity index (χ1v) is 9.27. The van der Waals surface area contributed by atoms with Crippen molar-refractivity contribution in [1.29, 1.82) is 0 Å². The highest BCUT2D eigenvalue weighted by Crippen LogP contribution is 2.46. The number of fused-ring (bicyclic) bond motifs is 1. The standard InChI is InChI=1S/C23H25NO5/c1-23(2)18-8-6-7-9-19(18)24(3)21(23)12-15(25)14-29-22(26)17-13-16(27-4)10-11-20(17)28-5/h6-13H,14H2,1-5H3/b21-12+. The molecule has 0 aromatic heterocycles. The van der Waals surface area contributed by atoms with E-state index in [-0.39, 0.29) is 23.4 Å². The van der Waals surface area contributed by atoms with Crippen molar-refractivity contribution in [2.75, 3.05) is 32.8 Å². The fourth-order valence-corrected chi connectivity index (χ4v) is 3.64. The van der Waals surface area contributed by atoms with Gasteiger partial charge in [-0.1, -0.05) is 32.0 Å². The van der Waals surface area contributed by atoms with Crippen molar-refractivity contribution < 1.29 is 23.8 Å². The van der Waals surface area contributed by atoms with Crippen LogP contribution in [-0.2, 0) is 14.9 Å². The van der Waals surface area contributed by atoms with Gasteiger partial charge in [0.1, 0.15) is 17.1 Å². The maximum Gasteiger partial charge on any atom is 0.342 e.